The highest BCUT2D eigenvalue weighted by Gasteiger charge is 1.97. The maximum atomic E-state index is 5.49. The van der Waals surface area contributed by atoms with Crippen LogP contribution in [0.3, 0.4) is 0 Å². The zero-order chi connectivity index (χ0) is 6.69. The Kier molecular flexibility index (Phi) is 1.75. The fourth-order valence-electron chi connectivity index (χ4n) is 0.546. The Hall–Kier alpha value is -0.960. The highest BCUT2D eigenvalue weighted by Crippen LogP contribution is 1.97. The Morgan fingerprint density at radius 1 is 1.44 bits per heavy atom. The molecule has 1 unspecified atom stereocenters. The van der Waals surface area contributed by atoms with Crippen LogP contribution in [0.1, 0.15) is 18.8 Å². The lowest BCUT2D eigenvalue weighted by Crippen LogP contribution is -2.08. The van der Waals surface area contributed by atoms with E-state index >= 15 is 0 Å². The van der Waals surface area contributed by atoms with Gasteiger partial charge < -0.3 is 5.73 Å². The van der Waals surface area contributed by atoms with Crippen LogP contribution in [-0.4, -0.2) is 9.97 Å². The van der Waals surface area contributed by atoms with E-state index in [2.05, 4.69) is 9.97 Å². The van der Waals surface area contributed by atoms with Gasteiger partial charge in [-0.15, -0.1) is 0 Å². The summed E-state index contributed by atoms with van der Waals surface area (Å²) in [6.07, 6.45) is 3.37. The van der Waals surface area contributed by atoms with Gasteiger partial charge in [0.2, 0.25) is 0 Å². The van der Waals surface area contributed by atoms with Gasteiger partial charge >= 0.3 is 0 Å². The lowest BCUT2D eigenvalue weighted by Gasteiger charge is -1.99. The van der Waals surface area contributed by atoms with Gasteiger partial charge in [0.15, 0.2) is 0 Å². The molecule has 0 aliphatic carbocycles. The molecule has 3 nitrogen and oxygen atoms in total. The molecule has 3 heteroatoms. The van der Waals surface area contributed by atoms with Crippen LogP contribution in [0.2, 0.25) is 0 Å². The first-order chi connectivity index (χ1) is 4.30. The molecule has 0 aromatic carbocycles. The first kappa shape index (κ1) is 6.16. The molecule has 1 heterocycles. The van der Waals surface area contributed by atoms with Crippen molar-refractivity contribution in [2.45, 2.75) is 13.0 Å². The number of hydrogen-bond donors (Lipinski definition) is 1. The highest BCUT2D eigenvalue weighted by molar-refractivity contribution is 4.92. The van der Waals surface area contributed by atoms with E-state index in [1.54, 1.807) is 18.5 Å². The van der Waals surface area contributed by atoms with Crippen molar-refractivity contribution in [3.05, 3.63) is 24.3 Å². The van der Waals surface area contributed by atoms with Crippen molar-refractivity contribution in [1.82, 2.24) is 9.97 Å². The molecule has 0 amide bonds. The second-order valence-corrected chi connectivity index (χ2v) is 1.90. The molecule has 48 valence electrons. The molecular weight excluding hydrogens is 114 g/mol. The lowest BCUT2D eigenvalue weighted by atomic mass is 10.3. The molecule has 1 rings (SSSR count). The second-order valence-electron chi connectivity index (χ2n) is 1.90. The summed E-state index contributed by atoms with van der Waals surface area (Å²) in [4.78, 5) is 7.88. The molecule has 0 radical (unpaired) electrons. The van der Waals surface area contributed by atoms with Gasteiger partial charge in [0.1, 0.15) is 5.82 Å². The predicted molar refractivity (Wildman–Crippen MR) is 34.6 cm³/mol. The summed E-state index contributed by atoms with van der Waals surface area (Å²) >= 11 is 0. The van der Waals surface area contributed by atoms with Crippen molar-refractivity contribution in [3.8, 4) is 0 Å². The maximum Gasteiger partial charge on any atom is 0.144 e. The SMILES string of the molecule is CC(N)c1ncccn1. The van der Waals surface area contributed by atoms with Crippen LogP contribution in [0.5, 0.6) is 0 Å². The minimum atomic E-state index is -0.0637. The van der Waals surface area contributed by atoms with Crippen LogP contribution >= 0.6 is 0 Å². The van der Waals surface area contributed by atoms with Crippen molar-refractivity contribution >= 4 is 0 Å². The van der Waals surface area contributed by atoms with E-state index < -0.39 is 0 Å². The summed E-state index contributed by atoms with van der Waals surface area (Å²) in [6, 6.07) is 1.71. The van der Waals surface area contributed by atoms with Gasteiger partial charge in [-0.25, -0.2) is 9.97 Å². The molecule has 0 bridgehead atoms. The Morgan fingerprint density at radius 2 is 2.00 bits per heavy atom. The first-order valence-corrected chi connectivity index (χ1v) is 2.83. The van der Waals surface area contributed by atoms with Crippen molar-refractivity contribution in [2.75, 3.05) is 0 Å². The molecule has 0 spiro atoms. The highest BCUT2D eigenvalue weighted by atomic mass is 14.9. The zero-order valence-electron chi connectivity index (χ0n) is 5.28. The van der Waals surface area contributed by atoms with Crippen LogP contribution in [0.4, 0.5) is 0 Å². The minimum Gasteiger partial charge on any atom is -0.322 e. The molecule has 9 heavy (non-hydrogen) atoms. The van der Waals surface area contributed by atoms with Gasteiger partial charge in [-0.2, -0.15) is 0 Å². The molecule has 1 aromatic heterocycles. The van der Waals surface area contributed by atoms with E-state index in [9.17, 15) is 0 Å². The van der Waals surface area contributed by atoms with Crippen LogP contribution in [0.15, 0.2) is 18.5 Å². The van der Waals surface area contributed by atoms with Gasteiger partial charge in [0.25, 0.3) is 0 Å². The quantitative estimate of drug-likeness (QED) is 0.591. The van der Waals surface area contributed by atoms with E-state index in [-0.39, 0.29) is 6.04 Å². The van der Waals surface area contributed by atoms with E-state index in [4.69, 9.17) is 5.73 Å². The van der Waals surface area contributed by atoms with E-state index in [1.807, 2.05) is 6.92 Å². The zero-order valence-corrected chi connectivity index (χ0v) is 5.28. The van der Waals surface area contributed by atoms with Gasteiger partial charge in [-0.1, -0.05) is 0 Å². The third-order valence-corrected chi connectivity index (χ3v) is 0.993. The minimum absolute atomic E-state index is 0.0637. The van der Waals surface area contributed by atoms with E-state index in [1.165, 1.54) is 0 Å². The number of nitrogens with zero attached hydrogens (tertiary/aromatic N) is 2. The normalized spacial score (nSPS) is 13.1. The fraction of sp³-hybridized carbons (Fsp3) is 0.333. The molecule has 0 saturated heterocycles. The molecular formula is C6H9N3. The van der Waals surface area contributed by atoms with Gasteiger partial charge in [0, 0.05) is 12.4 Å². The lowest BCUT2D eigenvalue weighted by molar-refractivity contribution is 0.739. The van der Waals surface area contributed by atoms with Gasteiger partial charge in [-0.05, 0) is 13.0 Å². The Labute approximate surface area is 53.9 Å². The fourth-order valence-corrected chi connectivity index (χ4v) is 0.546. The van der Waals surface area contributed by atoms with Gasteiger partial charge in [0.05, 0.1) is 6.04 Å². The number of aromatic nitrogens is 2. The van der Waals surface area contributed by atoms with Crippen LogP contribution in [-0.2, 0) is 0 Å². The molecule has 0 fully saturated rings. The van der Waals surface area contributed by atoms with Crippen molar-refractivity contribution < 1.29 is 0 Å². The predicted octanol–water partition coefficient (Wildman–Crippen LogP) is 0.496. The van der Waals surface area contributed by atoms with Crippen molar-refractivity contribution in [3.63, 3.8) is 0 Å². The van der Waals surface area contributed by atoms with Gasteiger partial charge in [-0.3, -0.25) is 0 Å². The molecule has 1 aromatic rings. The van der Waals surface area contributed by atoms with Crippen molar-refractivity contribution in [1.29, 1.82) is 0 Å². The molecule has 0 aliphatic rings. The third kappa shape index (κ3) is 1.47. The number of hydrogen-bond acceptors (Lipinski definition) is 3. The maximum absolute atomic E-state index is 5.49. The largest absolute Gasteiger partial charge is 0.322 e. The summed E-state index contributed by atoms with van der Waals surface area (Å²) in [6.45, 7) is 1.86. The Bertz CT molecular complexity index is 171. The Morgan fingerprint density at radius 3 is 2.33 bits per heavy atom. The average molecular weight is 123 g/mol. The van der Waals surface area contributed by atoms with Crippen LogP contribution < -0.4 is 5.73 Å². The number of rotatable bonds is 1. The van der Waals surface area contributed by atoms with Crippen molar-refractivity contribution in [2.24, 2.45) is 5.73 Å². The standard InChI is InChI=1S/C6H9N3/c1-5(7)6-8-3-2-4-9-6/h2-5H,7H2,1H3. The van der Waals surface area contributed by atoms with Crippen LogP contribution in [0, 0.1) is 0 Å². The molecule has 0 saturated carbocycles. The average Bonchev–Trinajstić information content (AvgIpc) is 1.90. The van der Waals surface area contributed by atoms with Crippen LogP contribution in [0.25, 0.3) is 0 Å². The smallest absolute Gasteiger partial charge is 0.144 e. The van der Waals surface area contributed by atoms with E-state index in [0.29, 0.717) is 5.82 Å². The topological polar surface area (TPSA) is 51.8 Å². The molecule has 1 atom stereocenters. The number of nitrogens with two attached hydrogens (primary N) is 1. The third-order valence-electron chi connectivity index (χ3n) is 0.993. The van der Waals surface area contributed by atoms with E-state index in [0.717, 1.165) is 0 Å². The molecule has 0 aliphatic heterocycles. The summed E-state index contributed by atoms with van der Waals surface area (Å²) in [5, 5.41) is 0. The monoisotopic (exact) mass is 123 g/mol. The summed E-state index contributed by atoms with van der Waals surface area (Å²) < 4.78 is 0. The summed E-state index contributed by atoms with van der Waals surface area (Å²) in [7, 11) is 0. The summed E-state index contributed by atoms with van der Waals surface area (Å²) in [5.74, 6) is 0.692. The Balaban J connectivity index is 2.85. The molecule has 2 N–H and O–H groups in total. The first-order valence-electron chi connectivity index (χ1n) is 2.83. The second kappa shape index (κ2) is 2.55. The summed E-state index contributed by atoms with van der Waals surface area (Å²) in [5.41, 5.74) is 5.49.